The fraction of sp³-hybridized carbons (Fsp3) is 0.0588. The van der Waals surface area contributed by atoms with Gasteiger partial charge in [-0.15, -0.1) is 21.5 Å². The molecular formula is C17H11F2N5S. The lowest BCUT2D eigenvalue weighted by Crippen LogP contribution is -2.04. The average Bonchev–Trinajstić information content (AvgIpc) is 3.26. The molecule has 124 valence electrons. The zero-order valence-corrected chi connectivity index (χ0v) is 13.6. The van der Waals surface area contributed by atoms with Crippen LogP contribution in [-0.4, -0.2) is 25.2 Å². The van der Waals surface area contributed by atoms with E-state index in [0.29, 0.717) is 17.9 Å². The van der Waals surface area contributed by atoms with E-state index in [4.69, 9.17) is 0 Å². The molecule has 8 heteroatoms. The number of hydrogen-bond donors (Lipinski definition) is 0. The molecule has 0 aliphatic heterocycles. The van der Waals surface area contributed by atoms with Crippen LogP contribution in [0.25, 0.3) is 22.0 Å². The van der Waals surface area contributed by atoms with E-state index in [-0.39, 0.29) is 11.6 Å². The Morgan fingerprint density at radius 2 is 1.80 bits per heavy atom. The average molecular weight is 355 g/mol. The van der Waals surface area contributed by atoms with Gasteiger partial charge in [0.25, 0.3) is 0 Å². The molecular weight excluding hydrogens is 344 g/mol. The summed E-state index contributed by atoms with van der Waals surface area (Å²) in [6, 6.07) is 12.2. The first kappa shape index (κ1) is 15.5. The van der Waals surface area contributed by atoms with Gasteiger partial charge in [0.1, 0.15) is 23.2 Å². The number of rotatable bonds is 4. The summed E-state index contributed by atoms with van der Waals surface area (Å²) in [5, 5.41) is 14.9. The Kier molecular flexibility index (Phi) is 4.02. The standard InChI is InChI=1S/C17H11F2N5S/c18-13-6-4-11(5-7-13)17-20-15(10-25-17)9-24-22-16(21-23-24)12-2-1-3-14(19)8-12/h1-8,10H,9H2. The van der Waals surface area contributed by atoms with Gasteiger partial charge in [0.15, 0.2) is 0 Å². The minimum atomic E-state index is -0.350. The van der Waals surface area contributed by atoms with Crippen molar-refractivity contribution >= 4 is 11.3 Å². The smallest absolute Gasteiger partial charge is 0.205 e. The number of hydrogen-bond acceptors (Lipinski definition) is 5. The summed E-state index contributed by atoms with van der Waals surface area (Å²) >= 11 is 1.46. The number of tetrazole rings is 1. The third-order valence-corrected chi connectivity index (χ3v) is 4.42. The first-order chi connectivity index (χ1) is 12.2. The van der Waals surface area contributed by atoms with E-state index < -0.39 is 0 Å². The van der Waals surface area contributed by atoms with Crippen LogP contribution >= 0.6 is 11.3 Å². The Morgan fingerprint density at radius 1 is 0.960 bits per heavy atom. The van der Waals surface area contributed by atoms with Crippen LogP contribution < -0.4 is 0 Å². The summed E-state index contributed by atoms with van der Waals surface area (Å²) in [5.41, 5.74) is 2.19. The van der Waals surface area contributed by atoms with Crippen molar-refractivity contribution in [2.45, 2.75) is 6.54 Å². The fourth-order valence-corrected chi connectivity index (χ4v) is 3.12. The molecule has 0 bridgehead atoms. The summed E-state index contributed by atoms with van der Waals surface area (Å²) in [6.45, 7) is 0.347. The molecule has 0 fully saturated rings. The number of thiazole rings is 1. The maximum absolute atomic E-state index is 13.3. The molecule has 0 radical (unpaired) electrons. The topological polar surface area (TPSA) is 56.5 Å². The maximum Gasteiger partial charge on any atom is 0.205 e. The van der Waals surface area contributed by atoms with Crippen LogP contribution in [0.5, 0.6) is 0 Å². The molecule has 0 aliphatic carbocycles. The predicted octanol–water partition coefficient (Wildman–Crippen LogP) is 3.79. The quantitative estimate of drug-likeness (QED) is 0.559. The lowest BCUT2D eigenvalue weighted by Gasteiger charge is -1.96. The summed E-state index contributed by atoms with van der Waals surface area (Å²) in [7, 11) is 0. The third-order valence-electron chi connectivity index (χ3n) is 3.48. The molecule has 25 heavy (non-hydrogen) atoms. The number of halogens is 2. The van der Waals surface area contributed by atoms with Crippen molar-refractivity contribution < 1.29 is 8.78 Å². The molecule has 0 aliphatic rings. The lowest BCUT2D eigenvalue weighted by atomic mass is 10.2. The Morgan fingerprint density at radius 3 is 2.60 bits per heavy atom. The van der Waals surface area contributed by atoms with Crippen LogP contribution in [0.4, 0.5) is 8.78 Å². The van der Waals surface area contributed by atoms with Gasteiger partial charge in [-0.05, 0) is 41.6 Å². The summed E-state index contributed by atoms with van der Waals surface area (Å²) in [6.07, 6.45) is 0. The van der Waals surface area contributed by atoms with Crippen LogP contribution in [0.3, 0.4) is 0 Å². The molecule has 0 atom stereocenters. The number of nitrogens with zero attached hydrogens (tertiary/aromatic N) is 5. The zero-order chi connectivity index (χ0) is 17.2. The predicted molar refractivity (Wildman–Crippen MR) is 89.8 cm³/mol. The van der Waals surface area contributed by atoms with Gasteiger partial charge in [0.2, 0.25) is 5.82 Å². The van der Waals surface area contributed by atoms with Gasteiger partial charge >= 0.3 is 0 Å². The highest BCUT2D eigenvalue weighted by Crippen LogP contribution is 2.24. The van der Waals surface area contributed by atoms with E-state index in [1.807, 2.05) is 5.38 Å². The lowest BCUT2D eigenvalue weighted by molar-refractivity contribution is 0.566. The Labute approximate surface area is 145 Å². The van der Waals surface area contributed by atoms with Gasteiger partial charge in [-0.3, -0.25) is 0 Å². The van der Waals surface area contributed by atoms with E-state index >= 15 is 0 Å². The zero-order valence-electron chi connectivity index (χ0n) is 12.8. The van der Waals surface area contributed by atoms with Gasteiger partial charge in [-0.25, -0.2) is 13.8 Å². The first-order valence-electron chi connectivity index (χ1n) is 7.41. The monoisotopic (exact) mass is 355 g/mol. The second-order valence-electron chi connectivity index (χ2n) is 5.30. The van der Waals surface area contributed by atoms with Crippen LogP contribution in [0.15, 0.2) is 53.9 Å². The van der Waals surface area contributed by atoms with Crippen molar-refractivity contribution in [1.29, 1.82) is 0 Å². The van der Waals surface area contributed by atoms with E-state index in [1.54, 1.807) is 24.3 Å². The van der Waals surface area contributed by atoms with Gasteiger partial charge < -0.3 is 0 Å². The molecule has 0 amide bonds. The Hall–Kier alpha value is -3.00. The molecule has 2 heterocycles. The molecule has 0 spiro atoms. The second kappa shape index (κ2) is 6.48. The number of aromatic nitrogens is 5. The van der Waals surface area contributed by atoms with Crippen molar-refractivity contribution in [2.24, 2.45) is 0 Å². The van der Waals surface area contributed by atoms with Crippen LogP contribution in [0.2, 0.25) is 0 Å². The number of benzene rings is 2. The molecule has 0 N–H and O–H groups in total. The minimum absolute atomic E-state index is 0.280. The van der Waals surface area contributed by atoms with E-state index in [9.17, 15) is 8.78 Å². The highest BCUT2D eigenvalue weighted by Gasteiger charge is 2.10. The van der Waals surface area contributed by atoms with Crippen LogP contribution in [0, 0.1) is 11.6 Å². The molecule has 2 aromatic carbocycles. The Bertz CT molecular complexity index is 1010. The third kappa shape index (κ3) is 3.43. The van der Waals surface area contributed by atoms with E-state index in [1.165, 1.54) is 40.4 Å². The van der Waals surface area contributed by atoms with E-state index in [0.717, 1.165) is 16.3 Å². The molecule has 2 aromatic heterocycles. The van der Waals surface area contributed by atoms with E-state index in [2.05, 4.69) is 20.4 Å². The molecule has 0 saturated heterocycles. The molecule has 4 aromatic rings. The van der Waals surface area contributed by atoms with Gasteiger partial charge in [0.05, 0.1) is 5.69 Å². The van der Waals surface area contributed by atoms with Crippen LogP contribution in [-0.2, 0) is 6.54 Å². The molecule has 0 unspecified atom stereocenters. The van der Waals surface area contributed by atoms with Crippen molar-refractivity contribution in [2.75, 3.05) is 0 Å². The molecule has 4 rings (SSSR count). The van der Waals surface area contributed by atoms with Crippen molar-refractivity contribution in [3.05, 3.63) is 71.2 Å². The van der Waals surface area contributed by atoms with Crippen LogP contribution in [0.1, 0.15) is 5.69 Å². The molecule has 0 saturated carbocycles. The summed E-state index contributed by atoms with van der Waals surface area (Å²) < 4.78 is 26.3. The first-order valence-corrected chi connectivity index (χ1v) is 8.29. The van der Waals surface area contributed by atoms with Gasteiger partial charge in [0, 0.05) is 16.5 Å². The summed E-state index contributed by atoms with van der Waals surface area (Å²) in [4.78, 5) is 5.92. The second-order valence-corrected chi connectivity index (χ2v) is 6.16. The Balaban J connectivity index is 1.52. The highest BCUT2D eigenvalue weighted by molar-refractivity contribution is 7.13. The van der Waals surface area contributed by atoms with Gasteiger partial charge in [-0.2, -0.15) is 4.80 Å². The maximum atomic E-state index is 13.3. The highest BCUT2D eigenvalue weighted by atomic mass is 32.1. The SMILES string of the molecule is Fc1ccc(-c2nc(Cn3nnc(-c4cccc(F)c4)n3)cs2)cc1. The van der Waals surface area contributed by atoms with Crippen molar-refractivity contribution in [3.8, 4) is 22.0 Å². The normalized spacial score (nSPS) is 11.0. The largest absolute Gasteiger partial charge is 0.239 e. The minimum Gasteiger partial charge on any atom is -0.239 e. The van der Waals surface area contributed by atoms with Crippen molar-refractivity contribution in [1.82, 2.24) is 25.2 Å². The fourth-order valence-electron chi connectivity index (χ4n) is 2.30. The summed E-state index contributed by atoms with van der Waals surface area (Å²) in [5.74, 6) is -0.275. The molecule has 5 nitrogen and oxygen atoms in total. The van der Waals surface area contributed by atoms with Crippen molar-refractivity contribution in [3.63, 3.8) is 0 Å². The van der Waals surface area contributed by atoms with Gasteiger partial charge in [-0.1, -0.05) is 12.1 Å².